The molecule has 0 aromatic heterocycles. The number of benzene rings is 1. The Morgan fingerprint density at radius 2 is 2.00 bits per heavy atom. The van der Waals surface area contributed by atoms with Gasteiger partial charge in [0, 0.05) is 11.7 Å². The molecule has 3 rings (SSSR count). The molecule has 23 heavy (non-hydrogen) atoms. The van der Waals surface area contributed by atoms with Gasteiger partial charge in [0.25, 0.3) is 0 Å². The quantitative estimate of drug-likeness (QED) is 0.887. The molecule has 5 heteroatoms. The van der Waals surface area contributed by atoms with Crippen LogP contribution in [0.15, 0.2) is 18.2 Å². The summed E-state index contributed by atoms with van der Waals surface area (Å²) in [6.45, 7) is 4.53. The van der Waals surface area contributed by atoms with Gasteiger partial charge in [0.15, 0.2) is 0 Å². The second kappa shape index (κ2) is 8.13. The molecule has 1 amide bonds. The van der Waals surface area contributed by atoms with Crippen LogP contribution in [0.3, 0.4) is 0 Å². The maximum Gasteiger partial charge on any atom is 0.238 e. The van der Waals surface area contributed by atoms with E-state index in [0.717, 1.165) is 38.0 Å². The number of hydrogen-bond acceptors (Lipinski definition) is 3. The average molecular weight is 338 g/mol. The summed E-state index contributed by atoms with van der Waals surface area (Å²) >= 11 is 0. The molecule has 1 unspecified atom stereocenters. The van der Waals surface area contributed by atoms with Crippen molar-refractivity contribution < 1.29 is 4.79 Å². The minimum Gasteiger partial charge on any atom is -0.328 e. The number of nitrogens with two attached hydrogens (primary N) is 1. The van der Waals surface area contributed by atoms with Gasteiger partial charge in [0.2, 0.25) is 5.91 Å². The number of nitrogens with one attached hydrogen (secondary N) is 1. The molecule has 1 aromatic carbocycles. The van der Waals surface area contributed by atoms with Crippen LogP contribution in [0.5, 0.6) is 0 Å². The van der Waals surface area contributed by atoms with Gasteiger partial charge in [0.05, 0.1) is 6.54 Å². The number of hydrogen-bond donors (Lipinski definition) is 2. The first-order valence-electron chi connectivity index (χ1n) is 8.51. The number of carbonyl (C=O) groups excluding carboxylic acids is 1. The van der Waals surface area contributed by atoms with Crippen LogP contribution >= 0.6 is 12.4 Å². The highest BCUT2D eigenvalue weighted by atomic mass is 35.5. The highest BCUT2D eigenvalue weighted by molar-refractivity contribution is 5.92. The average Bonchev–Trinajstić information content (AvgIpc) is 2.95. The molecular formula is C18H28ClN3O. The van der Waals surface area contributed by atoms with E-state index in [0.29, 0.717) is 12.5 Å². The predicted molar refractivity (Wildman–Crippen MR) is 97.2 cm³/mol. The van der Waals surface area contributed by atoms with Crippen molar-refractivity contribution in [2.75, 3.05) is 25.0 Å². The van der Waals surface area contributed by atoms with Crippen molar-refractivity contribution in [3.8, 4) is 0 Å². The molecule has 2 aliphatic rings. The third-order valence-corrected chi connectivity index (χ3v) is 5.13. The van der Waals surface area contributed by atoms with Crippen molar-refractivity contribution in [2.24, 2.45) is 11.7 Å². The van der Waals surface area contributed by atoms with Gasteiger partial charge in [-0.25, -0.2) is 0 Å². The van der Waals surface area contributed by atoms with Gasteiger partial charge in [-0.2, -0.15) is 0 Å². The molecule has 1 aliphatic carbocycles. The van der Waals surface area contributed by atoms with E-state index in [2.05, 4.69) is 29.3 Å². The van der Waals surface area contributed by atoms with E-state index in [9.17, 15) is 4.79 Å². The number of fused-ring (bicyclic) bond motifs is 1. The van der Waals surface area contributed by atoms with Crippen LogP contribution in [0.25, 0.3) is 0 Å². The predicted octanol–water partition coefficient (Wildman–Crippen LogP) is 2.59. The molecule has 3 N–H and O–H groups in total. The van der Waals surface area contributed by atoms with Crippen LogP contribution in [-0.4, -0.2) is 36.5 Å². The molecule has 1 heterocycles. The highest BCUT2D eigenvalue weighted by Crippen LogP contribution is 2.25. The van der Waals surface area contributed by atoms with Crippen LogP contribution in [0.2, 0.25) is 0 Å². The second-order valence-electron chi connectivity index (χ2n) is 6.86. The lowest BCUT2D eigenvalue weighted by molar-refractivity contribution is -0.117. The van der Waals surface area contributed by atoms with E-state index in [-0.39, 0.29) is 24.4 Å². The van der Waals surface area contributed by atoms with Gasteiger partial charge < -0.3 is 11.1 Å². The van der Waals surface area contributed by atoms with Crippen molar-refractivity contribution >= 4 is 24.0 Å². The first-order valence-corrected chi connectivity index (χ1v) is 8.51. The summed E-state index contributed by atoms with van der Waals surface area (Å²) in [5.74, 6) is 0.702. The van der Waals surface area contributed by atoms with E-state index in [4.69, 9.17) is 5.73 Å². The summed E-state index contributed by atoms with van der Waals surface area (Å²) < 4.78 is 0. The maximum absolute atomic E-state index is 12.2. The number of nitrogens with zero attached hydrogens (tertiary/aromatic N) is 1. The normalized spacial score (nSPS) is 19.7. The van der Waals surface area contributed by atoms with Crippen molar-refractivity contribution in [2.45, 2.75) is 45.1 Å². The zero-order valence-corrected chi connectivity index (χ0v) is 14.7. The van der Waals surface area contributed by atoms with E-state index >= 15 is 0 Å². The summed E-state index contributed by atoms with van der Waals surface area (Å²) in [6, 6.07) is 6.60. The summed E-state index contributed by atoms with van der Waals surface area (Å²) in [7, 11) is 0. The molecule has 1 atom stereocenters. The van der Waals surface area contributed by atoms with Gasteiger partial charge in [-0.1, -0.05) is 6.07 Å². The maximum atomic E-state index is 12.2. The van der Waals surface area contributed by atoms with Crippen molar-refractivity contribution in [1.29, 1.82) is 0 Å². The lowest BCUT2D eigenvalue weighted by Gasteiger charge is -2.33. The van der Waals surface area contributed by atoms with Crippen molar-refractivity contribution in [3.63, 3.8) is 0 Å². The number of halogens is 1. The van der Waals surface area contributed by atoms with Crippen LogP contribution < -0.4 is 11.1 Å². The fourth-order valence-corrected chi connectivity index (χ4v) is 3.69. The number of rotatable bonds is 4. The number of likely N-dealkylation sites (tertiary alicyclic amines) is 1. The fraction of sp³-hybridized carbons (Fsp3) is 0.611. The van der Waals surface area contributed by atoms with E-state index in [1.807, 2.05) is 6.07 Å². The minimum atomic E-state index is 0. The molecule has 1 fully saturated rings. The van der Waals surface area contributed by atoms with Gasteiger partial charge in [-0.15, -0.1) is 12.4 Å². The third kappa shape index (κ3) is 4.69. The molecule has 0 spiro atoms. The number of amides is 1. The first kappa shape index (κ1) is 18.2. The zero-order chi connectivity index (χ0) is 15.5. The molecule has 1 aromatic rings. The van der Waals surface area contributed by atoms with Crippen LogP contribution in [0.4, 0.5) is 5.69 Å². The van der Waals surface area contributed by atoms with E-state index < -0.39 is 0 Å². The third-order valence-electron chi connectivity index (χ3n) is 5.13. The summed E-state index contributed by atoms with van der Waals surface area (Å²) in [5.41, 5.74) is 9.74. The van der Waals surface area contributed by atoms with Crippen LogP contribution in [0.1, 0.15) is 37.3 Å². The molecular weight excluding hydrogens is 310 g/mol. The standard InChI is InChI=1S/C18H27N3O.ClH/c1-13(19)14-7-9-21(10-8-14)12-18(22)20-17-6-5-15-3-2-4-16(15)11-17;/h5-6,11,13-14H,2-4,7-10,12,19H2,1H3,(H,20,22);1H. The summed E-state index contributed by atoms with van der Waals surface area (Å²) in [4.78, 5) is 14.5. The SMILES string of the molecule is CC(N)C1CCN(CC(=O)Nc2ccc3c(c2)CCC3)CC1.Cl. The van der Waals surface area contributed by atoms with Crippen LogP contribution in [0, 0.1) is 5.92 Å². The Labute approximate surface area is 145 Å². The van der Waals surface area contributed by atoms with Crippen molar-refractivity contribution in [1.82, 2.24) is 4.90 Å². The molecule has 0 radical (unpaired) electrons. The zero-order valence-electron chi connectivity index (χ0n) is 13.9. The summed E-state index contributed by atoms with van der Waals surface area (Å²) in [6.07, 6.45) is 5.76. The second-order valence-corrected chi connectivity index (χ2v) is 6.86. The number of piperidine rings is 1. The Kier molecular flexibility index (Phi) is 6.45. The number of aryl methyl sites for hydroxylation is 2. The smallest absolute Gasteiger partial charge is 0.238 e. The Balaban J connectivity index is 0.00000192. The number of anilines is 1. The topological polar surface area (TPSA) is 58.4 Å². The van der Waals surface area contributed by atoms with Gasteiger partial charge in [-0.3, -0.25) is 9.69 Å². The van der Waals surface area contributed by atoms with Crippen molar-refractivity contribution in [3.05, 3.63) is 29.3 Å². The lowest BCUT2D eigenvalue weighted by Crippen LogP contribution is -2.42. The molecule has 1 aliphatic heterocycles. The molecule has 0 bridgehead atoms. The highest BCUT2D eigenvalue weighted by Gasteiger charge is 2.23. The minimum absolute atomic E-state index is 0. The first-order chi connectivity index (χ1) is 10.6. The monoisotopic (exact) mass is 337 g/mol. The van der Waals surface area contributed by atoms with E-state index in [1.54, 1.807) is 0 Å². The Morgan fingerprint density at radius 3 is 2.70 bits per heavy atom. The Morgan fingerprint density at radius 1 is 1.30 bits per heavy atom. The van der Waals surface area contributed by atoms with Gasteiger partial charge in [0.1, 0.15) is 0 Å². The van der Waals surface area contributed by atoms with Gasteiger partial charge >= 0.3 is 0 Å². The summed E-state index contributed by atoms with van der Waals surface area (Å²) in [5, 5.41) is 3.05. The largest absolute Gasteiger partial charge is 0.328 e. The Hall–Kier alpha value is -1.10. The Bertz CT molecular complexity index is 539. The number of carbonyl (C=O) groups is 1. The molecule has 4 nitrogen and oxygen atoms in total. The fourth-order valence-electron chi connectivity index (χ4n) is 3.69. The molecule has 128 valence electrons. The van der Waals surface area contributed by atoms with Crippen LogP contribution in [-0.2, 0) is 17.6 Å². The molecule has 1 saturated heterocycles. The molecule has 0 saturated carbocycles. The van der Waals surface area contributed by atoms with Gasteiger partial charge in [-0.05, 0) is 81.3 Å². The lowest BCUT2D eigenvalue weighted by atomic mass is 9.91. The van der Waals surface area contributed by atoms with E-state index in [1.165, 1.54) is 24.0 Å².